The summed E-state index contributed by atoms with van der Waals surface area (Å²) in [5.74, 6) is 2.62. The van der Waals surface area contributed by atoms with Crippen molar-refractivity contribution in [3.63, 3.8) is 0 Å². The van der Waals surface area contributed by atoms with Crippen molar-refractivity contribution in [1.29, 1.82) is 0 Å². The molecule has 0 saturated heterocycles. The summed E-state index contributed by atoms with van der Waals surface area (Å²) in [7, 11) is 1.71. The number of terminal acetylenes is 1. The first-order valence-corrected chi connectivity index (χ1v) is 5.31. The number of carbonyl (C=O) groups is 1. The molecule has 17 heavy (non-hydrogen) atoms. The quantitative estimate of drug-likeness (QED) is 0.720. The van der Waals surface area contributed by atoms with Crippen molar-refractivity contribution in [3.05, 3.63) is 42.4 Å². The molecule has 0 spiro atoms. The van der Waals surface area contributed by atoms with Gasteiger partial charge in [-0.3, -0.25) is 4.98 Å². The molecule has 1 aliphatic heterocycles. The maximum Gasteiger partial charge on any atom is 0.325 e. The molecule has 0 aliphatic carbocycles. The Bertz CT molecular complexity index is 475. The van der Waals surface area contributed by atoms with Gasteiger partial charge < -0.3 is 9.80 Å². The van der Waals surface area contributed by atoms with E-state index in [2.05, 4.69) is 10.9 Å². The minimum Gasteiger partial charge on any atom is -0.304 e. The molecule has 4 nitrogen and oxygen atoms in total. The van der Waals surface area contributed by atoms with Gasteiger partial charge in [0.25, 0.3) is 0 Å². The van der Waals surface area contributed by atoms with Gasteiger partial charge in [0.1, 0.15) is 6.04 Å². The summed E-state index contributed by atoms with van der Waals surface area (Å²) in [4.78, 5) is 19.3. The zero-order valence-corrected chi connectivity index (χ0v) is 9.58. The SMILES string of the molecule is C#CC(c1ccccn1)N1CC=CN(C)C1=O. The van der Waals surface area contributed by atoms with Crippen LogP contribution >= 0.6 is 0 Å². The summed E-state index contributed by atoms with van der Waals surface area (Å²) in [5, 5.41) is 0. The van der Waals surface area contributed by atoms with Crippen LogP contribution in [0.4, 0.5) is 4.79 Å². The number of nitrogens with zero attached hydrogens (tertiary/aromatic N) is 3. The first-order chi connectivity index (χ1) is 8.24. The third-order valence-corrected chi connectivity index (χ3v) is 2.62. The predicted octanol–water partition coefficient (Wildman–Crippen LogP) is 1.64. The van der Waals surface area contributed by atoms with Crippen LogP contribution in [0, 0.1) is 12.3 Å². The average Bonchev–Trinajstić information content (AvgIpc) is 2.37. The van der Waals surface area contributed by atoms with Crippen molar-refractivity contribution in [3.8, 4) is 12.3 Å². The van der Waals surface area contributed by atoms with Crippen molar-refractivity contribution in [2.75, 3.05) is 13.6 Å². The minimum absolute atomic E-state index is 0.110. The number of rotatable bonds is 2. The third-order valence-electron chi connectivity index (χ3n) is 2.62. The highest BCUT2D eigenvalue weighted by atomic mass is 16.2. The van der Waals surface area contributed by atoms with Crippen LogP contribution in [0.1, 0.15) is 11.7 Å². The lowest BCUT2D eigenvalue weighted by Gasteiger charge is -2.32. The Morgan fingerprint density at radius 2 is 2.35 bits per heavy atom. The van der Waals surface area contributed by atoms with Gasteiger partial charge in [0.2, 0.25) is 0 Å². The van der Waals surface area contributed by atoms with Crippen LogP contribution < -0.4 is 0 Å². The molecule has 2 amide bonds. The molecule has 0 bridgehead atoms. The van der Waals surface area contributed by atoms with E-state index in [1.807, 2.05) is 24.3 Å². The standard InChI is InChI=1S/C13H13N3O/c1-3-12(11-7-4-5-8-14-11)16-10-6-9-15(2)13(16)17/h1,4-9,12H,10H2,2H3. The van der Waals surface area contributed by atoms with Crippen LogP contribution in [0.25, 0.3) is 0 Å². The number of amides is 2. The Balaban J connectivity index is 2.29. The Morgan fingerprint density at radius 3 is 3.00 bits per heavy atom. The van der Waals surface area contributed by atoms with Gasteiger partial charge in [0.15, 0.2) is 0 Å². The zero-order chi connectivity index (χ0) is 12.3. The van der Waals surface area contributed by atoms with Gasteiger partial charge in [0.05, 0.1) is 5.69 Å². The fourth-order valence-electron chi connectivity index (χ4n) is 1.75. The Kier molecular flexibility index (Phi) is 3.10. The molecule has 1 aromatic heterocycles. The summed E-state index contributed by atoms with van der Waals surface area (Å²) < 4.78 is 0. The summed E-state index contributed by atoms with van der Waals surface area (Å²) in [6.07, 6.45) is 10.8. The van der Waals surface area contributed by atoms with Gasteiger partial charge in [-0.15, -0.1) is 6.42 Å². The van der Waals surface area contributed by atoms with Gasteiger partial charge in [-0.2, -0.15) is 0 Å². The predicted molar refractivity (Wildman–Crippen MR) is 64.8 cm³/mol. The van der Waals surface area contributed by atoms with Crippen LogP contribution in [-0.2, 0) is 0 Å². The lowest BCUT2D eigenvalue weighted by molar-refractivity contribution is 0.166. The highest BCUT2D eigenvalue weighted by molar-refractivity contribution is 5.77. The fourth-order valence-corrected chi connectivity index (χ4v) is 1.75. The van der Waals surface area contributed by atoms with E-state index in [9.17, 15) is 4.79 Å². The molecule has 0 N–H and O–H groups in total. The lowest BCUT2D eigenvalue weighted by Crippen LogP contribution is -2.43. The van der Waals surface area contributed by atoms with Gasteiger partial charge in [-0.1, -0.05) is 12.0 Å². The highest BCUT2D eigenvalue weighted by Crippen LogP contribution is 2.21. The van der Waals surface area contributed by atoms with Crippen LogP contribution in [0.15, 0.2) is 36.7 Å². The number of carbonyl (C=O) groups excluding carboxylic acids is 1. The van der Waals surface area contributed by atoms with Crippen molar-refractivity contribution >= 4 is 6.03 Å². The van der Waals surface area contributed by atoms with E-state index in [1.54, 1.807) is 24.3 Å². The van der Waals surface area contributed by atoms with E-state index in [0.29, 0.717) is 12.2 Å². The smallest absolute Gasteiger partial charge is 0.304 e. The first-order valence-electron chi connectivity index (χ1n) is 5.31. The van der Waals surface area contributed by atoms with E-state index in [4.69, 9.17) is 6.42 Å². The molecular weight excluding hydrogens is 214 g/mol. The molecule has 1 atom stereocenters. The van der Waals surface area contributed by atoms with E-state index >= 15 is 0 Å². The normalized spacial score (nSPS) is 16.8. The molecule has 4 heteroatoms. The van der Waals surface area contributed by atoms with Crippen molar-refractivity contribution < 1.29 is 4.79 Å². The first kappa shape index (κ1) is 11.2. The van der Waals surface area contributed by atoms with Gasteiger partial charge in [0, 0.05) is 26.0 Å². The Morgan fingerprint density at radius 1 is 1.53 bits per heavy atom. The number of pyridine rings is 1. The molecule has 2 heterocycles. The van der Waals surface area contributed by atoms with Crippen molar-refractivity contribution in [1.82, 2.24) is 14.8 Å². The van der Waals surface area contributed by atoms with E-state index in [1.165, 1.54) is 4.90 Å². The molecule has 1 unspecified atom stereocenters. The van der Waals surface area contributed by atoms with Gasteiger partial charge >= 0.3 is 6.03 Å². The monoisotopic (exact) mass is 227 g/mol. The minimum atomic E-state index is -0.420. The summed E-state index contributed by atoms with van der Waals surface area (Å²) in [6, 6.07) is 4.98. The van der Waals surface area contributed by atoms with Crippen LogP contribution in [-0.4, -0.2) is 34.4 Å². The molecule has 86 valence electrons. The summed E-state index contributed by atoms with van der Waals surface area (Å²) in [6.45, 7) is 0.509. The van der Waals surface area contributed by atoms with Gasteiger partial charge in [-0.25, -0.2) is 4.79 Å². The van der Waals surface area contributed by atoms with E-state index in [-0.39, 0.29) is 6.03 Å². The fraction of sp³-hybridized carbons (Fsp3) is 0.231. The molecular formula is C13H13N3O. The number of urea groups is 1. The largest absolute Gasteiger partial charge is 0.325 e. The van der Waals surface area contributed by atoms with Gasteiger partial charge in [-0.05, 0) is 18.2 Å². The molecule has 2 rings (SSSR count). The summed E-state index contributed by atoms with van der Waals surface area (Å²) in [5.41, 5.74) is 0.715. The average molecular weight is 227 g/mol. The topological polar surface area (TPSA) is 36.4 Å². The second kappa shape index (κ2) is 4.71. The molecule has 1 aliphatic rings. The molecule has 0 saturated carbocycles. The highest BCUT2D eigenvalue weighted by Gasteiger charge is 2.27. The third kappa shape index (κ3) is 2.13. The van der Waals surface area contributed by atoms with Crippen LogP contribution in [0.3, 0.4) is 0 Å². The zero-order valence-electron chi connectivity index (χ0n) is 9.58. The van der Waals surface area contributed by atoms with Crippen LogP contribution in [0.5, 0.6) is 0 Å². The molecule has 0 fully saturated rings. The van der Waals surface area contributed by atoms with Crippen LogP contribution in [0.2, 0.25) is 0 Å². The number of hydrogen-bond acceptors (Lipinski definition) is 2. The second-order valence-electron chi connectivity index (χ2n) is 3.75. The van der Waals surface area contributed by atoms with E-state index < -0.39 is 6.04 Å². The lowest BCUT2D eigenvalue weighted by atomic mass is 10.1. The second-order valence-corrected chi connectivity index (χ2v) is 3.75. The Labute approximate surface area is 101 Å². The molecule has 0 aromatic carbocycles. The molecule has 0 radical (unpaired) electrons. The summed E-state index contributed by atoms with van der Waals surface area (Å²) >= 11 is 0. The molecule has 1 aromatic rings. The van der Waals surface area contributed by atoms with Crippen molar-refractivity contribution in [2.45, 2.75) is 6.04 Å². The maximum atomic E-state index is 12.0. The number of hydrogen-bond donors (Lipinski definition) is 0. The number of aromatic nitrogens is 1. The van der Waals surface area contributed by atoms with Crippen molar-refractivity contribution in [2.24, 2.45) is 0 Å². The maximum absolute atomic E-state index is 12.0. The van der Waals surface area contributed by atoms with E-state index in [0.717, 1.165) is 0 Å². The Hall–Kier alpha value is -2.28.